The molecule has 0 spiro atoms. The quantitative estimate of drug-likeness (QED) is 0.819. The van der Waals surface area contributed by atoms with Gasteiger partial charge >= 0.3 is 0 Å². The van der Waals surface area contributed by atoms with Gasteiger partial charge in [-0.3, -0.25) is 4.90 Å². The molecule has 1 aliphatic rings. The molecule has 1 heterocycles. The summed E-state index contributed by atoms with van der Waals surface area (Å²) in [6.07, 6.45) is 1.14. The van der Waals surface area contributed by atoms with Crippen LogP contribution in [0, 0.1) is 0 Å². The second kappa shape index (κ2) is 4.54. The van der Waals surface area contributed by atoms with Gasteiger partial charge in [-0.15, -0.1) is 0 Å². The number of benzene rings is 1. The minimum Gasteiger partial charge on any atom is -0.496 e. The maximum absolute atomic E-state index is 5.31. The van der Waals surface area contributed by atoms with E-state index in [-0.39, 0.29) is 0 Å². The predicted molar refractivity (Wildman–Crippen MR) is 65.3 cm³/mol. The van der Waals surface area contributed by atoms with Gasteiger partial charge in [0.2, 0.25) is 0 Å². The number of hydrogen-bond acceptors (Lipinski definition) is 2. The van der Waals surface area contributed by atoms with E-state index in [0.717, 1.165) is 29.7 Å². The summed E-state index contributed by atoms with van der Waals surface area (Å²) in [5.41, 5.74) is 2.84. The number of likely N-dealkylation sites (N-methyl/N-ethyl adjacent to an activating group) is 1. The van der Waals surface area contributed by atoms with E-state index in [0.29, 0.717) is 0 Å². The molecule has 1 aromatic carbocycles. The normalized spacial score (nSPS) is 16.2. The highest BCUT2D eigenvalue weighted by atomic mass is 79.9. The third-order valence-electron chi connectivity index (χ3n) is 3.05. The Kier molecular flexibility index (Phi) is 3.32. The smallest absolute Gasteiger partial charge is 0.133 e. The molecule has 0 N–H and O–H groups in total. The molecule has 15 heavy (non-hydrogen) atoms. The van der Waals surface area contributed by atoms with Crippen LogP contribution in [0.25, 0.3) is 0 Å². The summed E-state index contributed by atoms with van der Waals surface area (Å²) >= 11 is 3.63. The van der Waals surface area contributed by atoms with E-state index >= 15 is 0 Å². The van der Waals surface area contributed by atoms with Crippen molar-refractivity contribution >= 4 is 15.9 Å². The number of fused-ring (bicyclic) bond motifs is 1. The van der Waals surface area contributed by atoms with Gasteiger partial charge in [-0.1, -0.05) is 13.0 Å². The Morgan fingerprint density at radius 1 is 1.47 bits per heavy atom. The van der Waals surface area contributed by atoms with Crippen molar-refractivity contribution in [1.29, 1.82) is 0 Å². The minimum absolute atomic E-state index is 0.937. The second-order valence-electron chi connectivity index (χ2n) is 3.84. The minimum atomic E-state index is 0.937. The zero-order valence-corrected chi connectivity index (χ0v) is 10.8. The fourth-order valence-corrected chi connectivity index (χ4v) is 2.73. The zero-order valence-electron chi connectivity index (χ0n) is 9.22. The van der Waals surface area contributed by atoms with Gasteiger partial charge in [-0.25, -0.2) is 0 Å². The summed E-state index contributed by atoms with van der Waals surface area (Å²) in [6, 6.07) is 4.23. The number of methoxy groups -OCH3 is 1. The van der Waals surface area contributed by atoms with Crippen LogP contribution in [0.1, 0.15) is 18.1 Å². The molecule has 1 aliphatic heterocycles. The van der Waals surface area contributed by atoms with Gasteiger partial charge in [-0.2, -0.15) is 0 Å². The van der Waals surface area contributed by atoms with Crippen molar-refractivity contribution in [2.45, 2.75) is 19.9 Å². The lowest BCUT2D eigenvalue weighted by Gasteiger charge is -2.28. The van der Waals surface area contributed by atoms with Crippen LogP contribution in [0.5, 0.6) is 5.75 Å². The van der Waals surface area contributed by atoms with Crippen molar-refractivity contribution < 1.29 is 4.74 Å². The van der Waals surface area contributed by atoms with E-state index in [9.17, 15) is 0 Å². The fraction of sp³-hybridized carbons (Fsp3) is 0.500. The van der Waals surface area contributed by atoms with Gasteiger partial charge in [0.15, 0.2) is 0 Å². The maximum Gasteiger partial charge on any atom is 0.133 e. The molecule has 3 heteroatoms. The van der Waals surface area contributed by atoms with Crippen molar-refractivity contribution in [3.8, 4) is 5.75 Å². The molecule has 0 amide bonds. The van der Waals surface area contributed by atoms with Crippen LogP contribution in [-0.4, -0.2) is 25.1 Å². The Balaban J connectivity index is 2.37. The molecule has 0 bridgehead atoms. The molecule has 2 nitrogen and oxygen atoms in total. The number of halogens is 1. The number of hydrogen-bond donors (Lipinski definition) is 0. The molecule has 1 aromatic rings. The average Bonchev–Trinajstić information content (AvgIpc) is 2.29. The maximum atomic E-state index is 5.31. The van der Waals surface area contributed by atoms with Crippen molar-refractivity contribution in [3.05, 3.63) is 27.7 Å². The second-order valence-corrected chi connectivity index (χ2v) is 4.63. The lowest BCUT2D eigenvalue weighted by molar-refractivity contribution is 0.266. The van der Waals surface area contributed by atoms with Gasteiger partial charge in [0, 0.05) is 13.1 Å². The number of nitrogens with zero attached hydrogens (tertiary/aromatic N) is 1. The molecule has 82 valence electrons. The topological polar surface area (TPSA) is 12.5 Å². The fourth-order valence-electron chi connectivity index (χ4n) is 2.05. The molecule has 0 atom stereocenters. The molecule has 0 saturated heterocycles. The van der Waals surface area contributed by atoms with E-state index in [2.05, 4.69) is 33.8 Å². The summed E-state index contributed by atoms with van der Waals surface area (Å²) < 4.78 is 6.44. The molecular formula is C12H16BrNO. The summed E-state index contributed by atoms with van der Waals surface area (Å²) in [7, 11) is 1.72. The van der Waals surface area contributed by atoms with Crippen LogP contribution in [0.4, 0.5) is 0 Å². The Labute approximate surface area is 99.4 Å². The van der Waals surface area contributed by atoms with Gasteiger partial charge < -0.3 is 4.74 Å². The first-order chi connectivity index (χ1) is 7.26. The van der Waals surface area contributed by atoms with Crippen molar-refractivity contribution in [2.75, 3.05) is 20.2 Å². The van der Waals surface area contributed by atoms with Crippen molar-refractivity contribution in [1.82, 2.24) is 4.90 Å². The van der Waals surface area contributed by atoms with Crippen LogP contribution in [0.15, 0.2) is 16.6 Å². The summed E-state index contributed by atoms with van der Waals surface area (Å²) in [5.74, 6) is 0.937. The van der Waals surface area contributed by atoms with E-state index in [1.165, 1.54) is 17.7 Å². The van der Waals surface area contributed by atoms with Gasteiger partial charge in [-0.05, 0) is 46.1 Å². The third-order valence-corrected chi connectivity index (χ3v) is 3.92. The summed E-state index contributed by atoms with van der Waals surface area (Å²) in [6.45, 7) is 5.52. The largest absolute Gasteiger partial charge is 0.496 e. The molecule has 0 aromatic heterocycles. The van der Waals surface area contributed by atoms with E-state index in [1.807, 2.05) is 6.07 Å². The van der Waals surface area contributed by atoms with Gasteiger partial charge in [0.1, 0.15) is 5.75 Å². The highest BCUT2D eigenvalue weighted by molar-refractivity contribution is 9.10. The van der Waals surface area contributed by atoms with Gasteiger partial charge in [0.25, 0.3) is 0 Å². The van der Waals surface area contributed by atoms with Crippen LogP contribution in [-0.2, 0) is 13.0 Å². The summed E-state index contributed by atoms with van der Waals surface area (Å²) in [4.78, 5) is 2.45. The van der Waals surface area contributed by atoms with E-state index in [4.69, 9.17) is 4.74 Å². The zero-order chi connectivity index (χ0) is 10.8. The standard InChI is InChI=1S/C12H16BrNO/c1-3-14-7-6-9-4-5-11(15-2)12(13)10(9)8-14/h4-5H,3,6-8H2,1-2H3. The van der Waals surface area contributed by atoms with Crippen molar-refractivity contribution in [2.24, 2.45) is 0 Å². The number of ether oxygens (including phenoxy) is 1. The molecule has 0 saturated carbocycles. The Morgan fingerprint density at radius 2 is 2.27 bits per heavy atom. The molecule has 0 fully saturated rings. The number of rotatable bonds is 2. The monoisotopic (exact) mass is 269 g/mol. The Bertz CT molecular complexity index is 365. The summed E-state index contributed by atoms with van der Waals surface area (Å²) in [5, 5.41) is 0. The third kappa shape index (κ3) is 2.04. The highest BCUT2D eigenvalue weighted by Crippen LogP contribution is 2.34. The molecular weight excluding hydrogens is 254 g/mol. The van der Waals surface area contributed by atoms with Crippen molar-refractivity contribution in [3.63, 3.8) is 0 Å². The molecule has 2 rings (SSSR count). The highest BCUT2D eigenvalue weighted by Gasteiger charge is 2.19. The predicted octanol–water partition coefficient (Wildman–Crippen LogP) is 2.84. The molecule has 0 aliphatic carbocycles. The van der Waals surface area contributed by atoms with Crippen LogP contribution >= 0.6 is 15.9 Å². The molecule has 0 radical (unpaired) electrons. The molecule has 0 unspecified atom stereocenters. The van der Waals surface area contributed by atoms with E-state index in [1.54, 1.807) is 7.11 Å². The van der Waals surface area contributed by atoms with Crippen LogP contribution in [0.3, 0.4) is 0 Å². The van der Waals surface area contributed by atoms with Gasteiger partial charge in [0.05, 0.1) is 11.6 Å². The lowest BCUT2D eigenvalue weighted by atomic mass is 9.99. The van der Waals surface area contributed by atoms with Crippen LogP contribution < -0.4 is 4.74 Å². The average molecular weight is 270 g/mol. The Hall–Kier alpha value is -0.540. The van der Waals surface area contributed by atoms with Crippen LogP contribution in [0.2, 0.25) is 0 Å². The van der Waals surface area contributed by atoms with E-state index < -0.39 is 0 Å². The first-order valence-corrected chi connectivity index (χ1v) is 6.12. The first-order valence-electron chi connectivity index (χ1n) is 5.32. The first kappa shape index (κ1) is 11.0. The SMILES string of the molecule is CCN1CCc2ccc(OC)c(Br)c2C1. The lowest BCUT2D eigenvalue weighted by Crippen LogP contribution is -2.30. The Morgan fingerprint density at radius 3 is 2.93 bits per heavy atom.